The Balaban J connectivity index is 2.77. The Morgan fingerprint density at radius 2 is 2.06 bits per heavy atom. The summed E-state index contributed by atoms with van der Waals surface area (Å²) in [4.78, 5) is 10.9. The molecule has 0 saturated heterocycles. The maximum Gasteiger partial charge on any atom is 0.221 e. The van der Waals surface area contributed by atoms with Gasteiger partial charge in [-0.25, -0.2) is 0 Å². The molecule has 1 rings (SSSR count). The van der Waals surface area contributed by atoms with Gasteiger partial charge in [0, 0.05) is 24.8 Å². The summed E-state index contributed by atoms with van der Waals surface area (Å²) in [6.45, 7) is 8.84. The molecule has 1 aromatic carbocycles. The Morgan fingerprint density at radius 1 is 1.38 bits per heavy atom. The molecule has 0 atom stereocenters. The second-order valence-electron chi connectivity index (χ2n) is 4.49. The van der Waals surface area contributed by atoms with Crippen LogP contribution >= 0.6 is 0 Å². The molecule has 0 aliphatic heterocycles. The predicted octanol–water partition coefficient (Wildman–Crippen LogP) is 3.02. The maximum atomic E-state index is 10.9. The van der Waals surface area contributed by atoms with Gasteiger partial charge in [0.1, 0.15) is 0 Å². The number of anilines is 2. The third-order valence-electron chi connectivity index (χ3n) is 2.26. The first kappa shape index (κ1) is 12.6. The molecule has 0 aromatic heterocycles. The zero-order valence-electron chi connectivity index (χ0n) is 10.4. The predicted molar refractivity (Wildman–Crippen MR) is 68.8 cm³/mol. The van der Waals surface area contributed by atoms with E-state index in [1.165, 1.54) is 12.5 Å². The maximum absolute atomic E-state index is 10.9. The zero-order valence-corrected chi connectivity index (χ0v) is 10.4. The van der Waals surface area contributed by atoms with Crippen LogP contribution in [0, 0.1) is 12.8 Å². The number of aryl methyl sites for hydroxylation is 1. The highest BCUT2D eigenvalue weighted by molar-refractivity contribution is 5.89. The van der Waals surface area contributed by atoms with Crippen LogP contribution < -0.4 is 10.6 Å². The van der Waals surface area contributed by atoms with Crippen LogP contribution in [-0.4, -0.2) is 12.5 Å². The van der Waals surface area contributed by atoms with Gasteiger partial charge in [-0.15, -0.1) is 0 Å². The fraction of sp³-hybridized carbons (Fsp3) is 0.462. The van der Waals surface area contributed by atoms with Crippen LogP contribution in [0.5, 0.6) is 0 Å². The van der Waals surface area contributed by atoms with Gasteiger partial charge in [0.15, 0.2) is 0 Å². The molecule has 0 aliphatic carbocycles. The van der Waals surface area contributed by atoms with Crippen molar-refractivity contribution < 1.29 is 4.79 Å². The molecule has 0 aliphatic rings. The van der Waals surface area contributed by atoms with Crippen molar-refractivity contribution in [3.05, 3.63) is 23.8 Å². The van der Waals surface area contributed by atoms with E-state index in [1.807, 2.05) is 18.2 Å². The summed E-state index contributed by atoms with van der Waals surface area (Å²) in [7, 11) is 0. The van der Waals surface area contributed by atoms with Gasteiger partial charge >= 0.3 is 0 Å². The van der Waals surface area contributed by atoms with Crippen molar-refractivity contribution in [3.63, 3.8) is 0 Å². The molecule has 1 amide bonds. The quantitative estimate of drug-likeness (QED) is 0.819. The Morgan fingerprint density at radius 3 is 2.62 bits per heavy atom. The van der Waals surface area contributed by atoms with E-state index in [0.717, 1.165) is 17.9 Å². The summed E-state index contributed by atoms with van der Waals surface area (Å²) < 4.78 is 0. The second kappa shape index (κ2) is 5.54. The van der Waals surface area contributed by atoms with Crippen LogP contribution in [0.1, 0.15) is 26.3 Å². The lowest BCUT2D eigenvalue weighted by Gasteiger charge is -2.13. The summed E-state index contributed by atoms with van der Waals surface area (Å²) in [6, 6.07) is 5.89. The summed E-state index contributed by atoms with van der Waals surface area (Å²) in [5, 5.41) is 6.16. The summed E-state index contributed by atoms with van der Waals surface area (Å²) in [6.07, 6.45) is 0. The fourth-order valence-corrected chi connectivity index (χ4v) is 1.41. The first-order valence-electron chi connectivity index (χ1n) is 5.61. The first-order chi connectivity index (χ1) is 7.49. The normalized spacial score (nSPS) is 10.3. The lowest BCUT2D eigenvalue weighted by Crippen LogP contribution is -2.10. The molecule has 3 heteroatoms. The van der Waals surface area contributed by atoms with Crippen molar-refractivity contribution in [1.82, 2.24) is 0 Å². The molecule has 16 heavy (non-hydrogen) atoms. The average Bonchev–Trinajstić information content (AvgIpc) is 2.18. The Labute approximate surface area is 97.2 Å². The highest BCUT2D eigenvalue weighted by Gasteiger charge is 2.02. The molecule has 0 fully saturated rings. The second-order valence-corrected chi connectivity index (χ2v) is 4.49. The van der Waals surface area contributed by atoms with Crippen molar-refractivity contribution in [2.24, 2.45) is 5.92 Å². The van der Waals surface area contributed by atoms with E-state index in [2.05, 4.69) is 31.4 Å². The third kappa shape index (κ3) is 3.93. The van der Waals surface area contributed by atoms with E-state index in [9.17, 15) is 4.79 Å². The minimum atomic E-state index is -0.0429. The van der Waals surface area contributed by atoms with E-state index >= 15 is 0 Å². The lowest BCUT2D eigenvalue weighted by atomic mass is 10.1. The van der Waals surface area contributed by atoms with Crippen LogP contribution in [0.2, 0.25) is 0 Å². The van der Waals surface area contributed by atoms with Crippen molar-refractivity contribution >= 4 is 17.3 Å². The largest absolute Gasteiger partial charge is 0.385 e. The Bertz CT molecular complexity index is 372. The zero-order chi connectivity index (χ0) is 12.1. The van der Waals surface area contributed by atoms with Crippen LogP contribution in [0.3, 0.4) is 0 Å². The van der Waals surface area contributed by atoms with Crippen LogP contribution in [-0.2, 0) is 4.79 Å². The average molecular weight is 220 g/mol. The number of hydrogen-bond donors (Lipinski definition) is 2. The van der Waals surface area contributed by atoms with Gasteiger partial charge in [-0.2, -0.15) is 0 Å². The Kier molecular flexibility index (Phi) is 4.35. The molecule has 0 spiro atoms. The van der Waals surface area contributed by atoms with E-state index in [1.54, 1.807) is 0 Å². The summed E-state index contributed by atoms with van der Waals surface area (Å²) in [5.74, 6) is 0.558. The number of nitrogens with one attached hydrogen (secondary N) is 2. The van der Waals surface area contributed by atoms with Gasteiger partial charge in [-0.3, -0.25) is 4.79 Å². The molecule has 2 N–H and O–H groups in total. The molecule has 0 bridgehead atoms. The van der Waals surface area contributed by atoms with Gasteiger partial charge < -0.3 is 10.6 Å². The van der Waals surface area contributed by atoms with E-state index in [4.69, 9.17) is 0 Å². The van der Waals surface area contributed by atoms with Crippen molar-refractivity contribution in [2.75, 3.05) is 17.2 Å². The molecule has 0 heterocycles. The van der Waals surface area contributed by atoms with E-state index in [-0.39, 0.29) is 5.91 Å². The standard InChI is InChI=1S/C13H20N2O/c1-9(2)8-14-13-7-12(15-11(4)16)6-5-10(13)3/h5-7,9,14H,8H2,1-4H3,(H,15,16). The van der Waals surface area contributed by atoms with Crippen LogP contribution in [0.15, 0.2) is 18.2 Å². The number of carbonyl (C=O) groups excluding carboxylic acids is 1. The number of hydrogen-bond acceptors (Lipinski definition) is 2. The molecule has 0 unspecified atom stereocenters. The fourth-order valence-electron chi connectivity index (χ4n) is 1.41. The number of rotatable bonds is 4. The van der Waals surface area contributed by atoms with Gasteiger partial charge in [-0.05, 0) is 30.5 Å². The van der Waals surface area contributed by atoms with Gasteiger partial charge in [0.05, 0.1) is 0 Å². The molecule has 88 valence electrons. The van der Waals surface area contributed by atoms with Crippen LogP contribution in [0.25, 0.3) is 0 Å². The topological polar surface area (TPSA) is 41.1 Å². The van der Waals surface area contributed by atoms with Gasteiger partial charge in [-0.1, -0.05) is 19.9 Å². The lowest BCUT2D eigenvalue weighted by molar-refractivity contribution is -0.114. The minimum Gasteiger partial charge on any atom is -0.385 e. The van der Waals surface area contributed by atoms with Crippen molar-refractivity contribution in [2.45, 2.75) is 27.7 Å². The Hall–Kier alpha value is -1.51. The van der Waals surface area contributed by atoms with Crippen molar-refractivity contribution in [1.29, 1.82) is 0 Å². The number of benzene rings is 1. The van der Waals surface area contributed by atoms with Gasteiger partial charge in [0.25, 0.3) is 0 Å². The molecular formula is C13H20N2O. The smallest absolute Gasteiger partial charge is 0.221 e. The minimum absolute atomic E-state index is 0.0429. The molecule has 0 saturated carbocycles. The third-order valence-corrected chi connectivity index (χ3v) is 2.26. The van der Waals surface area contributed by atoms with Gasteiger partial charge in [0.2, 0.25) is 5.91 Å². The van der Waals surface area contributed by atoms with Crippen LogP contribution in [0.4, 0.5) is 11.4 Å². The monoisotopic (exact) mass is 220 g/mol. The molecule has 0 radical (unpaired) electrons. The number of amides is 1. The molecular weight excluding hydrogens is 200 g/mol. The molecule has 1 aromatic rings. The van der Waals surface area contributed by atoms with Crippen molar-refractivity contribution in [3.8, 4) is 0 Å². The van der Waals surface area contributed by atoms with E-state index < -0.39 is 0 Å². The SMILES string of the molecule is CC(=O)Nc1ccc(C)c(NCC(C)C)c1. The summed E-state index contributed by atoms with van der Waals surface area (Å²) >= 11 is 0. The van der Waals surface area contributed by atoms with E-state index in [0.29, 0.717) is 5.92 Å². The highest BCUT2D eigenvalue weighted by atomic mass is 16.1. The first-order valence-corrected chi connectivity index (χ1v) is 5.61. The molecule has 3 nitrogen and oxygen atoms in total. The number of carbonyl (C=O) groups is 1. The summed E-state index contributed by atoms with van der Waals surface area (Å²) in [5.41, 5.74) is 3.11. The highest BCUT2D eigenvalue weighted by Crippen LogP contribution is 2.20.